The summed E-state index contributed by atoms with van der Waals surface area (Å²) in [5.41, 5.74) is 5.25. The van der Waals surface area contributed by atoms with Crippen LogP contribution in [0.4, 0.5) is 0 Å². The molecule has 0 saturated heterocycles. The molecule has 4 aromatic rings. The number of nitrogens with zero attached hydrogens (tertiary/aromatic N) is 5. The summed E-state index contributed by atoms with van der Waals surface area (Å²) in [5, 5.41) is 8.92. The summed E-state index contributed by atoms with van der Waals surface area (Å²) in [7, 11) is 0. The van der Waals surface area contributed by atoms with E-state index in [0.29, 0.717) is 28.6 Å². The number of aromatic nitrogens is 5. The molecule has 0 fully saturated rings. The fourth-order valence-corrected chi connectivity index (χ4v) is 3.42. The summed E-state index contributed by atoms with van der Waals surface area (Å²) in [6.45, 7) is 8.00. The molecule has 28 heavy (non-hydrogen) atoms. The minimum atomic E-state index is -0.248. The fraction of sp³-hybridized carbons (Fsp3) is 0.238. The molecule has 7 heteroatoms. The molecule has 0 aliphatic heterocycles. The van der Waals surface area contributed by atoms with Crippen LogP contribution in [-0.2, 0) is 6.42 Å². The molecule has 6 nitrogen and oxygen atoms in total. The summed E-state index contributed by atoms with van der Waals surface area (Å²) in [5.74, 6) is 0.634. The van der Waals surface area contributed by atoms with Crippen molar-refractivity contribution in [3.63, 3.8) is 0 Å². The lowest BCUT2D eigenvalue weighted by Gasteiger charge is -2.14. The number of benzene rings is 2. The molecule has 2 aromatic carbocycles. The van der Waals surface area contributed by atoms with Crippen molar-refractivity contribution in [3.05, 3.63) is 74.3 Å². The van der Waals surface area contributed by atoms with Crippen LogP contribution in [0.1, 0.15) is 29.4 Å². The second kappa shape index (κ2) is 6.87. The molecular weight excluding hydrogens is 374 g/mol. The van der Waals surface area contributed by atoms with E-state index in [2.05, 4.69) is 17.2 Å². The summed E-state index contributed by atoms with van der Waals surface area (Å²) in [6, 6.07) is 11.5. The number of fused-ring (bicyclic) bond motifs is 1. The maximum Gasteiger partial charge on any atom is 0.288 e. The molecular formula is C21H20ClN5O. The Kier molecular flexibility index (Phi) is 4.51. The molecule has 4 rings (SSSR count). The molecule has 0 aliphatic carbocycles. The quantitative estimate of drug-likeness (QED) is 0.525. The van der Waals surface area contributed by atoms with Gasteiger partial charge in [-0.1, -0.05) is 35.9 Å². The lowest BCUT2D eigenvalue weighted by Crippen LogP contribution is -2.24. The maximum atomic E-state index is 13.3. The van der Waals surface area contributed by atoms with Gasteiger partial charge in [0.05, 0.1) is 11.4 Å². The third kappa shape index (κ3) is 2.90. The highest BCUT2D eigenvalue weighted by atomic mass is 35.5. The van der Waals surface area contributed by atoms with Crippen molar-refractivity contribution < 1.29 is 0 Å². The highest BCUT2D eigenvalue weighted by molar-refractivity contribution is 6.30. The molecule has 0 radical (unpaired) electrons. The van der Waals surface area contributed by atoms with E-state index in [1.54, 1.807) is 21.4 Å². The molecule has 142 valence electrons. The summed E-state index contributed by atoms with van der Waals surface area (Å²) in [6.07, 6.45) is 0.579. The Morgan fingerprint density at radius 2 is 1.75 bits per heavy atom. The van der Waals surface area contributed by atoms with Gasteiger partial charge < -0.3 is 0 Å². The zero-order valence-electron chi connectivity index (χ0n) is 16.2. The van der Waals surface area contributed by atoms with Gasteiger partial charge in [-0.3, -0.25) is 9.36 Å². The Hall–Kier alpha value is -2.99. The van der Waals surface area contributed by atoms with E-state index >= 15 is 0 Å². The summed E-state index contributed by atoms with van der Waals surface area (Å²) < 4.78 is 3.21. The summed E-state index contributed by atoms with van der Waals surface area (Å²) >= 11 is 6.18. The number of rotatable bonds is 3. The van der Waals surface area contributed by atoms with Crippen molar-refractivity contribution in [1.29, 1.82) is 0 Å². The lowest BCUT2D eigenvalue weighted by atomic mass is 10.1. The van der Waals surface area contributed by atoms with Gasteiger partial charge in [0.2, 0.25) is 0 Å². The van der Waals surface area contributed by atoms with E-state index < -0.39 is 0 Å². The van der Waals surface area contributed by atoms with Crippen LogP contribution in [0.15, 0.2) is 41.2 Å². The van der Waals surface area contributed by atoms with Crippen LogP contribution in [-0.4, -0.2) is 24.5 Å². The van der Waals surface area contributed by atoms with Crippen molar-refractivity contribution in [2.24, 2.45) is 0 Å². The van der Waals surface area contributed by atoms with Crippen molar-refractivity contribution in [3.8, 4) is 11.4 Å². The van der Waals surface area contributed by atoms with Crippen LogP contribution in [0, 0.1) is 20.8 Å². The van der Waals surface area contributed by atoms with E-state index in [1.165, 1.54) is 5.56 Å². The average molecular weight is 394 g/mol. The Bertz CT molecular complexity index is 1270. The third-order valence-electron chi connectivity index (χ3n) is 5.01. The molecule has 0 spiro atoms. The number of aryl methyl sites for hydroxylation is 4. The van der Waals surface area contributed by atoms with Crippen LogP contribution in [0.2, 0.25) is 5.02 Å². The van der Waals surface area contributed by atoms with Crippen molar-refractivity contribution in [1.82, 2.24) is 24.5 Å². The first-order valence-electron chi connectivity index (χ1n) is 9.12. The van der Waals surface area contributed by atoms with Crippen LogP contribution in [0.3, 0.4) is 0 Å². The lowest BCUT2D eigenvalue weighted by molar-refractivity contribution is 0.801. The largest absolute Gasteiger partial charge is 0.288 e. The topological polar surface area (TPSA) is 65.6 Å². The fourth-order valence-electron chi connectivity index (χ4n) is 3.25. The van der Waals surface area contributed by atoms with Gasteiger partial charge in [-0.25, -0.2) is 4.98 Å². The van der Waals surface area contributed by atoms with E-state index in [0.717, 1.165) is 16.8 Å². The van der Waals surface area contributed by atoms with Crippen molar-refractivity contribution in [2.75, 3.05) is 0 Å². The Balaban J connectivity index is 2.01. The summed E-state index contributed by atoms with van der Waals surface area (Å²) in [4.78, 5) is 18.0. The van der Waals surface area contributed by atoms with Crippen LogP contribution < -0.4 is 5.56 Å². The first kappa shape index (κ1) is 18.4. The van der Waals surface area contributed by atoms with Gasteiger partial charge in [-0.2, -0.15) is 4.68 Å². The average Bonchev–Trinajstić information content (AvgIpc) is 3.10. The normalized spacial score (nSPS) is 11.3. The number of hydrogen-bond acceptors (Lipinski definition) is 4. The minimum Gasteiger partial charge on any atom is -0.266 e. The highest BCUT2D eigenvalue weighted by Gasteiger charge is 2.19. The Morgan fingerprint density at radius 3 is 2.46 bits per heavy atom. The van der Waals surface area contributed by atoms with Gasteiger partial charge in [0, 0.05) is 11.4 Å². The van der Waals surface area contributed by atoms with Crippen LogP contribution >= 0.6 is 11.6 Å². The molecule has 0 saturated carbocycles. The third-order valence-corrected chi connectivity index (χ3v) is 5.24. The predicted molar refractivity (Wildman–Crippen MR) is 111 cm³/mol. The maximum absolute atomic E-state index is 13.3. The molecule has 0 amide bonds. The predicted octanol–water partition coefficient (Wildman–Crippen LogP) is 4.11. The van der Waals surface area contributed by atoms with Gasteiger partial charge in [0.1, 0.15) is 5.82 Å². The van der Waals surface area contributed by atoms with E-state index in [-0.39, 0.29) is 11.1 Å². The van der Waals surface area contributed by atoms with Gasteiger partial charge in [0.15, 0.2) is 11.2 Å². The number of halogens is 1. The van der Waals surface area contributed by atoms with Crippen molar-refractivity contribution >= 4 is 22.8 Å². The molecule has 2 heterocycles. The molecule has 0 aliphatic rings. The van der Waals surface area contributed by atoms with Gasteiger partial charge >= 0.3 is 0 Å². The van der Waals surface area contributed by atoms with Gasteiger partial charge in [-0.15, -0.1) is 5.10 Å². The second-order valence-corrected chi connectivity index (χ2v) is 7.33. The van der Waals surface area contributed by atoms with Crippen LogP contribution in [0.5, 0.6) is 0 Å². The monoisotopic (exact) mass is 393 g/mol. The van der Waals surface area contributed by atoms with E-state index in [1.807, 2.05) is 45.0 Å². The first-order valence-corrected chi connectivity index (χ1v) is 9.50. The van der Waals surface area contributed by atoms with E-state index in [9.17, 15) is 4.79 Å². The second-order valence-electron chi connectivity index (χ2n) is 6.89. The zero-order valence-corrected chi connectivity index (χ0v) is 16.9. The van der Waals surface area contributed by atoms with E-state index in [4.69, 9.17) is 16.6 Å². The first-order chi connectivity index (χ1) is 13.4. The SMILES string of the molecule is CCc1nc2c(nnn2-c2ccc(C)c(C)c2)c(=O)n1-c1cc(Cl)ccc1C. The molecule has 0 N–H and O–H groups in total. The molecule has 0 atom stereocenters. The highest BCUT2D eigenvalue weighted by Crippen LogP contribution is 2.22. The molecule has 0 unspecified atom stereocenters. The molecule has 2 aromatic heterocycles. The zero-order chi connectivity index (χ0) is 20.0. The van der Waals surface area contributed by atoms with Crippen molar-refractivity contribution in [2.45, 2.75) is 34.1 Å². The Morgan fingerprint density at radius 1 is 1.00 bits per heavy atom. The van der Waals surface area contributed by atoms with Crippen LogP contribution in [0.25, 0.3) is 22.5 Å². The molecule has 0 bridgehead atoms. The standard InChI is InChI=1S/C21H20ClN5O/c1-5-18-23-20-19(21(28)26(18)17-11-15(22)8-6-13(17)3)24-25-27(20)16-9-7-12(2)14(4)10-16/h6-11H,5H2,1-4H3. The van der Waals surface area contributed by atoms with Gasteiger partial charge in [0.25, 0.3) is 5.56 Å². The Labute approximate surface area is 167 Å². The number of hydrogen-bond donors (Lipinski definition) is 0. The minimum absolute atomic E-state index is 0.231. The smallest absolute Gasteiger partial charge is 0.266 e. The van der Waals surface area contributed by atoms with Gasteiger partial charge in [-0.05, 0) is 61.7 Å².